The molecular weight excluding hydrogens is 234 g/mol. The second-order valence-electron chi connectivity index (χ2n) is 4.19. The summed E-state index contributed by atoms with van der Waals surface area (Å²) in [6, 6.07) is 9.93. The molecule has 0 radical (unpaired) electrons. The molecule has 1 N–H and O–H groups in total. The van der Waals surface area contributed by atoms with E-state index in [-0.39, 0.29) is 0 Å². The Morgan fingerprint density at radius 2 is 1.88 bits per heavy atom. The number of halogens is 1. The fraction of sp³-hybridized carbons (Fsp3) is 0.571. The summed E-state index contributed by atoms with van der Waals surface area (Å²) >= 11 is 5.86. The van der Waals surface area contributed by atoms with Crippen LogP contribution in [0.2, 0.25) is 0 Å². The first-order chi connectivity index (χ1) is 8.29. The van der Waals surface area contributed by atoms with Crippen molar-refractivity contribution in [3.63, 3.8) is 0 Å². The van der Waals surface area contributed by atoms with Gasteiger partial charge in [0, 0.05) is 5.38 Å². The molecule has 0 amide bonds. The molecule has 0 bridgehead atoms. The number of nitrogens with one attached hydrogen (secondary N) is 1. The second-order valence-corrected chi connectivity index (χ2v) is 4.93. The summed E-state index contributed by atoms with van der Waals surface area (Å²) in [4.78, 5) is 0. The van der Waals surface area contributed by atoms with Crippen LogP contribution < -0.4 is 10.1 Å². The molecule has 1 aromatic rings. The lowest BCUT2D eigenvalue weighted by molar-refractivity contribution is 0.308. The van der Waals surface area contributed by atoms with E-state index in [9.17, 15) is 0 Å². The van der Waals surface area contributed by atoms with Crippen LogP contribution in [-0.4, -0.2) is 25.1 Å². The van der Waals surface area contributed by atoms with Crippen LogP contribution >= 0.6 is 11.6 Å². The van der Waals surface area contributed by atoms with Gasteiger partial charge in [-0.25, -0.2) is 0 Å². The summed E-state index contributed by atoms with van der Waals surface area (Å²) in [6.45, 7) is 4.85. The smallest absolute Gasteiger partial charge is 0.119 e. The van der Waals surface area contributed by atoms with Gasteiger partial charge < -0.3 is 10.1 Å². The van der Waals surface area contributed by atoms with Gasteiger partial charge in [0.25, 0.3) is 0 Å². The monoisotopic (exact) mass is 255 g/mol. The normalized spacial score (nSPS) is 12.4. The Balaban J connectivity index is 1.88. The summed E-state index contributed by atoms with van der Waals surface area (Å²) in [5.41, 5.74) is 0. The van der Waals surface area contributed by atoms with Gasteiger partial charge in [0.05, 0.1) is 6.61 Å². The van der Waals surface area contributed by atoms with E-state index in [1.54, 1.807) is 0 Å². The molecule has 0 saturated carbocycles. The summed E-state index contributed by atoms with van der Waals surface area (Å²) in [5.74, 6) is 0.948. The van der Waals surface area contributed by atoms with Gasteiger partial charge in [-0.1, -0.05) is 18.2 Å². The zero-order valence-electron chi connectivity index (χ0n) is 10.5. The maximum Gasteiger partial charge on any atom is 0.119 e. The van der Waals surface area contributed by atoms with Crippen molar-refractivity contribution in [2.75, 3.05) is 19.7 Å². The Kier molecular flexibility index (Phi) is 7.85. The number of rotatable bonds is 9. The molecule has 0 aromatic heterocycles. The molecule has 0 spiro atoms. The zero-order valence-corrected chi connectivity index (χ0v) is 11.2. The molecule has 0 fully saturated rings. The van der Waals surface area contributed by atoms with Gasteiger partial charge in [-0.2, -0.15) is 0 Å². The highest BCUT2D eigenvalue weighted by molar-refractivity contribution is 6.20. The minimum absolute atomic E-state index is 0.290. The quantitative estimate of drug-likeness (QED) is 0.539. The molecule has 2 nitrogen and oxygen atoms in total. The number of hydrogen-bond acceptors (Lipinski definition) is 2. The fourth-order valence-corrected chi connectivity index (χ4v) is 1.69. The molecule has 3 heteroatoms. The third-order valence-electron chi connectivity index (χ3n) is 2.47. The standard InChI is InChI=1S/C14H22ClNO/c1-13(15)7-5-10-16-11-6-12-17-14-8-3-2-4-9-14/h2-4,8-9,13,16H,5-7,10-12H2,1H3. The molecule has 0 aliphatic carbocycles. The number of benzene rings is 1. The summed E-state index contributed by atoms with van der Waals surface area (Å²) in [7, 11) is 0. The van der Waals surface area contributed by atoms with Crippen molar-refractivity contribution in [2.45, 2.75) is 31.6 Å². The van der Waals surface area contributed by atoms with Crippen LogP contribution in [0.5, 0.6) is 5.75 Å². The number of alkyl halides is 1. The Labute approximate surface area is 109 Å². The summed E-state index contributed by atoms with van der Waals surface area (Å²) in [5, 5.41) is 3.68. The Morgan fingerprint density at radius 3 is 2.59 bits per heavy atom. The Bertz CT molecular complexity index is 277. The first-order valence-electron chi connectivity index (χ1n) is 6.31. The molecule has 1 unspecified atom stereocenters. The first kappa shape index (κ1) is 14.3. The molecule has 0 aliphatic rings. The molecule has 0 aliphatic heterocycles. The van der Waals surface area contributed by atoms with E-state index in [0.29, 0.717) is 5.38 Å². The highest BCUT2D eigenvalue weighted by atomic mass is 35.5. The van der Waals surface area contributed by atoms with Crippen LogP contribution in [0.1, 0.15) is 26.2 Å². The van der Waals surface area contributed by atoms with Crippen molar-refractivity contribution in [3.05, 3.63) is 30.3 Å². The fourth-order valence-electron chi connectivity index (χ4n) is 1.54. The highest BCUT2D eigenvalue weighted by Gasteiger charge is 1.95. The van der Waals surface area contributed by atoms with Gasteiger partial charge in [0.2, 0.25) is 0 Å². The second kappa shape index (κ2) is 9.32. The third kappa shape index (κ3) is 8.06. The predicted octanol–water partition coefficient (Wildman–Crippen LogP) is 3.45. The molecule has 17 heavy (non-hydrogen) atoms. The molecule has 0 heterocycles. The molecule has 1 atom stereocenters. The number of ether oxygens (including phenoxy) is 1. The van der Waals surface area contributed by atoms with E-state index in [4.69, 9.17) is 16.3 Å². The van der Waals surface area contributed by atoms with Gasteiger partial charge in [0.1, 0.15) is 5.75 Å². The average molecular weight is 256 g/mol. The third-order valence-corrected chi connectivity index (χ3v) is 2.68. The SMILES string of the molecule is CC(Cl)CCCNCCCOc1ccccc1. The van der Waals surface area contributed by atoms with Crippen molar-refractivity contribution in [2.24, 2.45) is 0 Å². The average Bonchev–Trinajstić information content (AvgIpc) is 2.33. The van der Waals surface area contributed by atoms with E-state index >= 15 is 0 Å². The van der Waals surface area contributed by atoms with Crippen LogP contribution in [0, 0.1) is 0 Å². The molecular formula is C14H22ClNO. The van der Waals surface area contributed by atoms with Crippen molar-refractivity contribution in [1.29, 1.82) is 0 Å². The van der Waals surface area contributed by atoms with Crippen molar-refractivity contribution >= 4 is 11.6 Å². The first-order valence-corrected chi connectivity index (χ1v) is 6.75. The number of hydrogen-bond donors (Lipinski definition) is 1. The lowest BCUT2D eigenvalue weighted by atomic mass is 10.2. The summed E-state index contributed by atoms with van der Waals surface area (Å²) < 4.78 is 5.59. The summed E-state index contributed by atoms with van der Waals surface area (Å²) in [6.07, 6.45) is 3.25. The maximum atomic E-state index is 5.86. The van der Waals surface area contributed by atoms with Gasteiger partial charge in [-0.3, -0.25) is 0 Å². The van der Waals surface area contributed by atoms with E-state index in [2.05, 4.69) is 5.32 Å². The van der Waals surface area contributed by atoms with Gasteiger partial charge in [0.15, 0.2) is 0 Å². The minimum Gasteiger partial charge on any atom is -0.494 e. The Morgan fingerprint density at radius 1 is 1.18 bits per heavy atom. The Hall–Kier alpha value is -0.730. The van der Waals surface area contributed by atoms with E-state index < -0.39 is 0 Å². The zero-order chi connectivity index (χ0) is 12.3. The van der Waals surface area contributed by atoms with Crippen LogP contribution in [0.3, 0.4) is 0 Å². The molecule has 96 valence electrons. The lowest BCUT2D eigenvalue weighted by Crippen LogP contribution is -2.19. The number of para-hydroxylation sites is 1. The van der Waals surface area contributed by atoms with E-state index in [0.717, 1.165) is 44.7 Å². The maximum absolute atomic E-state index is 5.86. The lowest BCUT2D eigenvalue weighted by Gasteiger charge is -2.07. The predicted molar refractivity (Wildman–Crippen MR) is 74.0 cm³/mol. The van der Waals surface area contributed by atoms with Crippen molar-refractivity contribution in [1.82, 2.24) is 5.32 Å². The molecule has 1 rings (SSSR count). The van der Waals surface area contributed by atoms with Crippen LogP contribution in [0.15, 0.2) is 30.3 Å². The minimum atomic E-state index is 0.290. The van der Waals surface area contributed by atoms with Gasteiger partial charge in [-0.05, 0) is 51.4 Å². The van der Waals surface area contributed by atoms with E-state index in [1.165, 1.54) is 0 Å². The largest absolute Gasteiger partial charge is 0.494 e. The highest BCUT2D eigenvalue weighted by Crippen LogP contribution is 2.08. The van der Waals surface area contributed by atoms with Crippen LogP contribution in [-0.2, 0) is 0 Å². The van der Waals surface area contributed by atoms with E-state index in [1.807, 2.05) is 37.3 Å². The topological polar surface area (TPSA) is 21.3 Å². The van der Waals surface area contributed by atoms with Gasteiger partial charge >= 0.3 is 0 Å². The van der Waals surface area contributed by atoms with Crippen LogP contribution in [0.4, 0.5) is 0 Å². The van der Waals surface area contributed by atoms with Gasteiger partial charge in [-0.15, -0.1) is 11.6 Å². The van der Waals surface area contributed by atoms with Crippen LogP contribution in [0.25, 0.3) is 0 Å². The van der Waals surface area contributed by atoms with Crippen molar-refractivity contribution in [3.8, 4) is 5.75 Å². The molecule has 1 aromatic carbocycles. The van der Waals surface area contributed by atoms with Crippen molar-refractivity contribution < 1.29 is 4.74 Å². The molecule has 0 saturated heterocycles.